The van der Waals surface area contributed by atoms with Crippen LogP contribution in [0, 0.1) is 5.92 Å². The number of nitrogens with two attached hydrogens (primary N) is 1. The third-order valence-corrected chi connectivity index (χ3v) is 5.50. The monoisotopic (exact) mass is 381 g/mol. The quantitative estimate of drug-likeness (QED) is 0.814. The van der Waals surface area contributed by atoms with E-state index in [1.165, 1.54) is 11.3 Å². The van der Waals surface area contributed by atoms with Gasteiger partial charge in [0.25, 0.3) is 0 Å². The van der Waals surface area contributed by atoms with Crippen molar-refractivity contribution in [2.24, 2.45) is 11.7 Å². The lowest BCUT2D eigenvalue weighted by atomic mass is 9.87. The van der Waals surface area contributed by atoms with Crippen LogP contribution in [0.15, 0.2) is 24.3 Å². The van der Waals surface area contributed by atoms with Crippen molar-refractivity contribution < 1.29 is 4.79 Å². The standard InChI is InChI=1S/C21H35N3O.ClH/c1-6-15(2)19(22)20(25)23-17-11-13-24(14-12-17)18-9-7-16(8-10-18)21(3,4)5;/h7-10,15,17,19H,6,11-14,22H2,1-5H3,(H,23,25);1H. The van der Waals surface area contributed by atoms with Crippen LogP contribution in [0.25, 0.3) is 0 Å². The fourth-order valence-electron chi connectivity index (χ4n) is 3.26. The summed E-state index contributed by atoms with van der Waals surface area (Å²) in [6.07, 6.45) is 2.87. The van der Waals surface area contributed by atoms with E-state index in [4.69, 9.17) is 5.73 Å². The molecule has 2 rings (SSSR count). The van der Waals surface area contributed by atoms with E-state index in [-0.39, 0.29) is 35.7 Å². The molecule has 4 nitrogen and oxygen atoms in total. The Balaban J connectivity index is 0.00000338. The van der Waals surface area contributed by atoms with Crippen molar-refractivity contribution in [3.63, 3.8) is 0 Å². The number of halogens is 1. The summed E-state index contributed by atoms with van der Waals surface area (Å²) in [6.45, 7) is 12.8. The molecule has 2 unspecified atom stereocenters. The predicted octanol–water partition coefficient (Wildman–Crippen LogP) is 3.86. The maximum Gasteiger partial charge on any atom is 0.237 e. The summed E-state index contributed by atoms with van der Waals surface area (Å²) in [5.41, 5.74) is 8.85. The van der Waals surface area contributed by atoms with Crippen LogP contribution in [-0.2, 0) is 10.2 Å². The van der Waals surface area contributed by atoms with Crippen molar-refractivity contribution in [1.82, 2.24) is 5.32 Å². The predicted molar refractivity (Wildman–Crippen MR) is 113 cm³/mol. The first-order valence-electron chi connectivity index (χ1n) is 9.63. The Kier molecular flexibility index (Phi) is 8.42. The summed E-state index contributed by atoms with van der Waals surface area (Å²) in [5.74, 6) is 0.226. The van der Waals surface area contributed by atoms with Gasteiger partial charge >= 0.3 is 0 Å². The van der Waals surface area contributed by atoms with E-state index in [0.717, 1.165) is 32.4 Å². The van der Waals surface area contributed by atoms with Crippen molar-refractivity contribution in [2.45, 2.75) is 71.4 Å². The highest BCUT2D eigenvalue weighted by Gasteiger charge is 2.25. The second-order valence-corrected chi connectivity index (χ2v) is 8.48. The Labute approximate surface area is 165 Å². The van der Waals surface area contributed by atoms with Gasteiger partial charge < -0.3 is 16.0 Å². The van der Waals surface area contributed by atoms with Gasteiger partial charge in [0, 0.05) is 24.8 Å². The Hall–Kier alpha value is -1.26. The molecule has 1 amide bonds. The summed E-state index contributed by atoms with van der Waals surface area (Å²) >= 11 is 0. The number of carbonyl (C=O) groups excluding carboxylic acids is 1. The SMILES string of the molecule is CCC(C)C(N)C(=O)NC1CCN(c2ccc(C(C)(C)C)cc2)CC1.Cl. The maximum atomic E-state index is 12.2. The lowest BCUT2D eigenvalue weighted by Gasteiger charge is -2.35. The molecular formula is C21H36ClN3O. The number of amides is 1. The summed E-state index contributed by atoms with van der Waals surface area (Å²) < 4.78 is 0. The van der Waals surface area contributed by atoms with Gasteiger partial charge in [-0.05, 0) is 41.9 Å². The van der Waals surface area contributed by atoms with Gasteiger partial charge in [-0.15, -0.1) is 12.4 Å². The minimum Gasteiger partial charge on any atom is -0.371 e. The van der Waals surface area contributed by atoms with E-state index in [0.29, 0.717) is 0 Å². The van der Waals surface area contributed by atoms with Crippen LogP contribution in [0.4, 0.5) is 5.69 Å². The van der Waals surface area contributed by atoms with Crippen LogP contribution in [-0.4, -0.2) is 31.1 Å². The van der Waals surface area contributed by atoms with Gasteiger partial charge in [0.15, 0.2) is 0 Å². The molecule has 26 heavy (non-hydrogen) atoms. The Morgan fingerprint density at radius 1 is 1.23 bits per heavy atom. The van der Waals surface area contributed by atoms with E-state index >= 15 is 0 Å². The number of hydrogen-bond acceptors (Lipinski definition) is 3. The molecule has 148 valence electrons. The van der Waals surface area contributed by atoms with Crippen molar-refractivity contribution in [3.8, 4) is 0 Å². The number of hydrogen-bond donors (Lipinski definition) is 2. The van der Waals surface area contributed by atoms with Crippen molar-refractivity contribution >= 4 is 24.0 Å². The van der Waals surface area contributed by atoms with E-state index in [1.54, 1.807) is 0 Å². The molecule has 5 heteroatoms. The fourth-order valence-corrected chi connectivity index (χ4v) is 3.26. The molecule has 0 aromatic heterocycles. The molecule has 0 aliphatic carbocycles. The highest BCUT2D eigenvalue weighted by Crippen LogP contribution is 2.26. The van der Waals surface area contributed by atoms with Crippen molar-refractivity contribution in [1.29, 1.82) is 0 Å². The van der Waals surface area contributed by atoms with Crippen LogP contribution in [0.3, 0.4) is 0 Å². The first-order valence-corrected chi connectivity index (χ1v) is 9.63. The van der Waals surface area contributed by atoms with Crippen LogP contribution in [0.5, 0.6) is 0 Å². The first kappa shape index (κ1) is 22.8. The molecule has 1 heterocycles. The summed E-state index contributed by atoms with van der Waals surface area (Å²) in [7, 11) is 0. The molecule has 1 aromatic carbocycles. The smallest absolute Gasteiger partial charge is 0.237 e. The molecule has 0 spiro atoms. The van der Waals surface area contributed by atoms with E-state index < -0.39 is 6.04 Å². The highest BCUT2D eigenvalue weighted by atomic mass is 35.5. The zero-order valence-electron chi connectivity index (χ0n) is 16.9. The molecule has 0 radical (unpaired) electrons. The average Bonchev–Trinajstić information content (AvgIpc) is 2.60. The molecule has 1 saturated heterocycles. The van der Waals surface area contributed by atoms with Gasteiger partial charge in [-0.25, -0.2) is 0 Å². The van der Waals surface area contributed by atoms with Gasteiger partial charge in [-0.3, -0.25) is 4.79 Å². The third kappa shape index (κ3) is 5.88. The number of nitrogens with zero attached hydrogens (tertiary/aromatic N) is 1. The zero-order valence-corrected chi connectivity index (χ0v) is 17.7. The maximum absolute atomic E-state index is 12.2. The topological polar surface area (TPSA) is 58.4 Å². The van der Waals surface area contributed by atoms with Gasteiger partial charge in [-0.1, -0.05) is 53.2 Å². The van der Waals surface area contributed by atoms with E-state index in [1.807, 2.05) is 6.92 Å². The van der Waals surface area contributed by atoms with Crippen LogP contribution in [0.1, 0.15) is 59.4 Å². The van der Waals surface area contributed by atoms with Crippen LogP contribution < -0.4 is 16.0 Å². The average molecular weight is 382 g/mol. The molecule has 1 aliphatic rings. The molecule has 0 saturated carbocycles. The van der Waals surface area contributed by atoms with Crippen LogP contribution >= 0.6 is 12.4 Å². The number of nitrogens with one attached hydrogen (secondary N) is 1. The molecule has 0 bridgehead atoms. The molecule has 1 fully saturated rings. The summed E-state index contributed by atoms with van der Waals surface area (Å²) in [5, 5.41) is 3.14. The number of benzene rings is 1. The number of rotatable bonds is 5. The zero-order chi connectivity index (χ0) is 18.6. The molecule has 2 atom stereocenters. The van der Waals surface area contributed by atoms with Crippen molar-refractivity contribution in [2.75, 3.05) is 18.0 Å². The number of piperidine rings is 1. The van der Waals surface area contributed by atoms with Gasteiger partial charge in [0.1, 0.15) is 0 Å². The second-order valence-electron chi connectivity index (χ2n) is 8.48. The van der Waals surface area contributed by atoms with Crippen molar-refractivity contribution in [3.05, 3.63) is 29.8 Å². The third-order valence-electron chi connectivity index (χ3n) is 5.50. The van der Waals surface area contributed by atoms with E-state index in [2.05, 4.69) is 62.2 Å². The summed E-state index contributed by atoms with van der Waals surface area (Å²) in [6, 6.07) is 8.75. The Bertz CT molecular complexity index is 560. The minimum atomic E-state index is -0.395. The Morgan fingerprint density at radius 2 is 1.77 bits per heavy atom. The molecular weight excluding hydrogens is 346 g/mol. The van der Waals surface area contributed by atoms with E-state index in [9.17, 15) is 4.79 Å². The molecule has 1 aliphatic heterocycles. The van der Waals surface area contributed by atoms with Crippen LogP contribution in [0.2, 0.25) is 0 Å². The second kappa shape index (κ2) is 9.61. The lowest BCUT2D eigenvalue weighted by Crippen LogP contribution is -2.51. The molecule has 1 aromatic rings. The number of anilines is 1. The minimum absolute atomic E-state index is 0. The van der Waals surface area contributed by atoms with Gasteiger partial charge in [0.05, 0.1) is 6.04 Å². The number of carbonyl (C=O) groups is 1. The fraction of sp³-hybridized carbons (Fsp3) is 0.667. The summed E-state index contributed by atoms with van der Waals surface area (Å²) in [4.78, 5) is 14.7. The Morgan fingerprint density at radius 3 is 2.23 bits per heavy atom. The lowest BCUT2D eigenvalue weighted by molar-refractivity contribution is -0.124. The van der Waals surface area contributed by atoms with Gasteiger partial charge in [0.2, 0.25) is 5.91 Å². The molecule has 3 N–H and O–H groups in total. The highest BCUT2D eigenvalue weighted by molar-refractivity contribution is 5.85. The normalized spacial score (nSPS) is 18.0. The first-order chi connectivity index (χ1) is 11.7. The largest absolute Gasteiger partial charge is 0.371 e. The van der Waals surface area contributed by atoms with Gasteiger partial charge in [-0.2, -0.15) is 0 Å².